The first-order valence-electron chi connectivity index (χ1n) is 10.5. The van der Waals surface area contributed by atoms with Gasteiger partial charge in [0.2, 0.25) is 0 Å². The average Bonchev–Trinajstić information content (AvgIpc) is 3.43. The summed E-state index contributed by atoms with van der Waals surface area (Å²) >= 11 is 13.1. The van der Waals surface area contributed by atoms with Crippen LogP contribution in [-0.2, 0) is 4.79 Å². The molecule has 0 aliphatic heterocycles. The van der Waals surface area contributed by atoms with E-state index in [0.29, 0.717) is 37.7 Å². The highest BCUT2D eigenvalue weighted by atomic mass is 35.5. The van der Waals surface area contributed by atoms with Crippen molar-refractivity contribution in [2.24, 2.45) is 5.10 Å². The lowest BCUT2D eigenvalue weighted by Crippen LogP contribution is -2.40. The topological polar surface area (TPSA) is 86.2 Å². The molecule has 36 heavy (non-hydrogen) atoms. The van der Waals surface area contributed by atoms with Crippen LogP contribution >= 0.6 is 34.5 Å². The zero-order valence-electron chi connectivity index (χ0n) is 18.5. The highest BCUT2D eigenvalue weighted by molar-refractivity contribution is 7.12. The van der Waals surface area contributed by atoms with Crippen LogP contribution in [0, 0.1) is 0 Å². The summed E-state index contributed by atoms with van der Waals surface area (Å²) in [6.07, 6.45) is 0.0910. The Morgan fingerprint density at radius 1 is 0.806 bits per heavy atom. The van der Waals surface area contributed by atoms with Crippen LogP contribution < -0.4 is 19.6 Å². The number of carbonyl (C=O) groups is 2. The predicted molar refractivity (Wildman–Crippen MR) is 139 cm³/mol. The molecule has 3 aromatic carbocycles. The molecule has 1 N–H and O–H groups in total. The Labute approximate surface area is 220 Å². The Kier molecular flexibility index (Phi) is 8.57. The molecule has 0 saturated carbocycles. The van der Waals surface area contributed by atoms with E-state index in [1.807, 2.05) is 0 Å². The third-order valence-electron chi connectivity index (χ3n) is 4.53. The molecule has 0 spiro atoms. The SMILES string of the molecule is O=C(Oc1ccc(/C=N\NC(=O)C(Oc2ccc(Cl)cc2)Oc2ccc(Cl)cc2)cc1)c1cccs1. The molecule has 0 aliphatic rings. The number of thiophene rings is 1. The van der Waals surface area contributed by atoms with Crippen molar-refractivity contribution in [2.75, 3.05) is 0 Å². The highest BCUT2D eigenvalue weighted by Gasteiger charge is 2.22. The van der Waals surface area contributed by atoms with E-state index < -0.39 is 18.2 Å². The lowest BCUT2D eigenvalue weighted by atomic mass is 10.2. The van der Waals surface area contributed by atoms with Gasteiger partial charge >= 0.3 is 18.2 Å². The summed E-state index contributed by atoms with van der Waals surface area (Å²) in [4.78, 5) is 25.3. The van der Waals surface area contributed by atoms with Crippen LogP contribution in [-0.4, -0.2) is 24.4 Å². The maximum atomic E-state index is 12.8. The summed E-state index contributed by atoms with van der Waals surface area (Å²) in [6.45, 7) is 0. The Morgan fingerprint density at radius 3 is 1.89 bits per heavy atom. The van der Waals surface area contributed by atoms with Gasteiger partial charge in [-0.05, 0) is 89.8 Å². The minimum atomic E-state index is -1.34. The van der Waals surface area contributed by atoms with E-state index in [4.69, 9.17) is 37.4 Å². The monoisotopic (exact) mass is 540 g/mol. The molecule has 4 rings (SSSR count). The van der Waals surface area contributed by atoms with E-state index >= 15 is 0 Å². The van der Waals surface area contributed by atoms with Crippen LogP contribution in [0.3, 0.4) is 0 Å². The number of ether oxygens (including phenoxy) is 3. The lowest BCUT2D eigenvalue weighted by Gasteiger charge is -2.19. The van der Waals surface area contributed by atoms with Crippen molar-refractivity contribution < 1.29 is 23.8 Å². The molecule has 0 unspecified atom stereocenters. The zero-order chi connectivity index (χ0) is 25.3. The summed E-state index contributed by atoms with van der Waals surface area (Å²) < 4.78 is 16.7. The summed E-state index contributed by atoms with van der Waals surface area (Å²) in [7, 11) is 0. The smallest absolute Gasteiger partial charge is 0.353 e. The van der Waals surface area contributed by atoms with Gasteiger partial charge in [0.05, 0.1) is 6.21 Å². The molecular formula is C26H18Cl2N2O5S. The standard InChI is InChI=1S/C26H18Cl2N2O5S/c27-18-5-11-21(12-6-18)34-26(35-22-13-7-19(28)8-14-22)24(31)30-29-16-17-3-9-20(10-4-17)33-25(32)23-2-1-15-36-23/h1-16,26H,(H,30,31)/b29-16-. The summed E-state index contributed by atoms with van der Waals surface area (Å²) in [5.74, 6) is 0.0847. The van der Waals surface area contributed by atoms with Crippen LogP contribution in [0.1, 0.15) is 15.2 Å². The van der Waals surface area contributed by atoms with Crippen LogP contribution in [0.2, 0.25) is 10.0 Å². The van der Waals surface area contributed by atoms with Gasteiger partial charge in [0.25, 0.3) is 0 Å². The van der Waals surface area contributed by atoms with E-state index in [9.17, 15) is 9.59 Å². The van der Waals surface area contributed by atoms with Gasteiger partial charge in [-0.1, -0.05) is 29.3 Å². The van der Waals surface area contributed by atoms with Crippen molar-refractivity contribution in [3.63, 3.8) is 0 Å². The first-order valence-corrected chi connectivity index (χ1v) is 12.1. The van der Waals surface area contributed by atoms with Crippen molar-refractivity contribution in [3.05, 3.63) is 111 Å². The van der Waals surface area contributed by atoms with Gasteiger partial charge in [0.15, 0.2) is 0 Å². The molecule has 1 heterocycles. The van der Waals surface area contributed by atoms with Crippen LogP contribution in [0.5, 0.6) is 17.2 Å². The van der Waals surface area contributed by atoms with E-state index in [1.54, 1.807) is 90.3 Å². The molecule has 0 saturated heterocycles. The molecule has 1 aromatic heterocycles. The Bertz CT molecular complexity index is 1280. The number of benzene rings is 3. The molecule has 0 fully saturated rings. The molecule has 4 aromatic rings. The third kappa shape index (κ3) is 7.32. The molecule has 0 bridgehead atoms. The fourth-order valence-electron chi connectivity index (χ4n) is 2.80. The van der Waals surface area contributed by atoms with Gasteiger partial charge < -0.3 is 14.2 Å². The summed E-state index contributed by atoms with van der Waals surface area (Å²) in [6, 6.07) is 23.1. The fourth-order valence-corrected chi connectivity index (χ4v) is 3.65. The number of carbonyl (C=O) groups excluding carboxylic acids is 2. The summed E-state index contributed by atoms with van der Waals surface area (Å²) in [5.41, 5.74) is 3.07. The zero-order valence-corrected chi connectivity index (χ0v) is 20.8. The predicted octanol–water partition coefficient (Wildman–Crippen LogP) is 6.21. The van der Waals surface area contributed by atoms with Crippen molar-refractivity contribution in [3.8, 4) is 17.2 Å². The highest BCUT2D eigenvalue weighted by Crippen LogP contribution is 2.21. The Morgan fingerprint density at radius 2 is 1.36 bits per heavy atom. The van der Waals surface area contributed by atoms with Gasteiger partial charge in [-0.3, -0.25) is 4.79 Å². The molecule has 0 aliphatic carbocycles. The van der Waals surface area contributed by atoms with Crippen LogP contribution in [0.25, 0.3) is 0 Å². The average molecular weight is 541 g/mol. The number of nitrogens with one attached hydrogen (secondary N) is 1. The second-order valence-corrected chi connectivity index (χ2v) is 8.97. The largest absolute Gasteiger partial charge is 0.446 e. The van der Waals surface area contributed by atoms with Crippen molar-refractivity contribution in [1.82, 2.24) is 5.43 Å². The normalized spacial score (nSPS) is 10.9. The quantitative estimate of drug-likeness (QED) is 0.0896. The second kappa shape index (κ2) is 12.2. The molecule has 10 heteroatoms. The van der Waals surface area contributed by atoms with Crippen molar-refractivity contribution >= 4 is 52.6 Å². The van der Waals surface area contributed by atoms with Crippen LogP contribution in [0.15, 0.2) is 95.4 Å². The second-order valence-electron chi connectivity index (χ2n) is 7.15. The number of hydrogen-bond donors (Lipinski definition) is 1. The maximum Gasteiger partial charge on any atom is 0.353 e. The molecule has 182 valence electrons. The minimum Gasteiger partial charge on any atom is -0.446 e. The van der Waals surface area contributed by atoms with Crippen molar-refractivity contribution in [1.29, 1.82) is 0 Å². The van der Waals surface area contributed by atoms with Gasteiger partial charge in [-0.2, -0.15) is 5.10 Å². The number of nitrogens with zero attached hydrogens (tertiary/aromatic N) is 1. The third-order valence-corrected chi connectivity index (χ3v) is 5.88. The number of hydrogen-bond acceptors (Lipinski definition) is 7. The Balaban J connectivity index is 1.38. The van der Waals surface area contributed by atoms with Gasteiger partial charge in [0.1, 0.15) is 22.1 Å². The maximum absolute atomic E-state index is 12.8. The molecular weight excluding hydrogens is 523 g/mol. The van der Waals surface area contributed by atoms with E-state index in [-0.39, 0.29) is 0 Å². The van der Waals surface area contributed by atoms with E-state index in [0.717, 1.165) is 0 Å². The van der Waals surface area contributed by atoms with Gasteiger partial charge in [0, 0.05) is 10.0 Å². The fraction of sp³-hybridized carbons (Fsp3) is 0.0385. The Hall–Kier alpha value is -3.85. The molecule has 7 nitrogen and oxygen atoms in total. The van der Waals surface area contributed by atoms with E-state index in [1.165, 1.54) is 17.6 Å². The van der Waals surface area contributed by atoms with Crippen molar-refractivity contribution in [2.45, 2.75) is 6.29 Å². The van der Waals surface area contributed by atoms with E-state index in [2.05, 4.69) is 10.5 Å². The lowest BCUT2D eigenvalue weighted by molar-refractivity contribution is -0.140. The number of hydrazone groups is 1. The summed E-state index contributed by atoms with van der Waals surface area (Å²) in [5, 5.41) is 6.83. The van der Waals surface area contributed by atoms with Gasteiger partial charge in [-0.15, -0.1) is 11.3 Å². The molecule has 0 atom stereocenters. The first-order chi connectivity index (χ1) is 17.5. The van der Waals surface area contributed by atoms with Gasteiger partial charge in [-0.25, -0.2) is 10.2 Å². The first kappa shape index (κ1) is 25.2. The number of esters is 1. The molecule has 1 amide bonds. The molecule has 0 radical (unpaired) electrons. The number of amides is 1. The minimum absolute atomic E-state index is 0.380. The number of rotatable bonds is 9. The van der Waals surface area contributed by atoms with Crippen LogP contribution in [0.4, 0.5) is 0 Å². The number of halogens is 2.